The highest BCUT2D eigenvalue weighted by Gasteiger charge is 2.35. The third kappa shape index (κ3) is 5.00. The van der Waals surface area contributed by atoms with Gasteiger partial charge in [0.15, 0.2) is 0 Å². The van der Waals surface area contributed by atoms with E-state index in [4.69, 9.17) is 20.8 Å². The van der Waals surface area contributed by atoms with Gasteiger partial charge in [-0.05, 0) is 61.0 Å². The Labute approximate surface area is 204 Å². The van der Waals surface area contributed by atoms with Crippen molar-refractivity contribution in [2.45, 2.75) is 13.8 Å². The number of halogens is 1. The van der Waals surface area contributed by atoms with Crippen LogP contribution < -0.4 is 4.74 Å². The standard InChI is InChI=1S/C24H19ClN2O6S/c1-14-3-4-15(2)21(11-14)32-10-9-26-23(28)22(34-24(26)29)13-17-6-8-20(33-17)18-7-5-16(27(30)31)12-19(18)25/h3-8,11-13H,9-10H2,1-2H3/b22-13-. The summed E-state index contributed by atoms with van der Waals surface area (Å²) in [7, 11) is 0. The molecule has 2 aromatic carbocycles. The molecule has 1 aliphatic rings. The lowest BCUT2D eigenvalue weighted by Crippen LogP contribution is -2.32. The smallest absolute Gasteiger partial charge is 0.293 e. The molecule has 2 amide bonds. The Balaban J connectivity index is 1.44. The number of thioether (sulfide) groups is 1. The van der Waals surface area contributed by atoms with Crippen LogP contribution in [0.25, 0.3) is 17.4 Å². The number of nitrogens with zero attached hydrogens (tertiary/aromatic N) is 2. The molecule has 0 saturated carbocycles. The Bertz CT molecular complexity index is 1330. The van der Waals surface area contributed by atoms with Gasteiger partial charge in [0, 0.05) is 23.8 Å². The number of non-ortho nitro benzene ring substituents is 1. The number of nitro groups is 1. The minimum absolute atomic E-state index is 0.122. The first-order chi connectivity index (χ1) is 16.2. The van der Waals surface area contributed by atoms with Gasteiger partial charge < -0.3 is 9.15 Å². The molecule has 174 valence electrons. The molecule has 3 aromatic rings. The van der Waals surface area contributed by atoms with Crippen LogP contribution in [-0.2, 0) is 4.79 Å². The van der Waals surface area contributed by atoms with Crippen LogP contribution in [0, 0.1) is 24.0 Å². The third-order valence-corrected chi connectivity index (χ3v) is 6.34. The Morgan fingerprint density at radius 1 is 1.15 bits per heavy atom. The van der Waals surface area contributed by atoms with E-state index in [1.807, 2.05) is 32.0 Å². The van der Waals surface area contributed by atoms with E-state index in [2.05, 4.69) is 0 Å². The second-order valence-corrected chi connectivity index (χ2v) is 8.97. The van der Waals surface area contributed by atoms with E-state index in [0.29, 0.717) is 17.1 Å². The summed E-state index contributed by atoms with van der Waals surface area (Å²) < 4.78 is 11.5. The maximum absolute atomic E-state index is 12.7. The van der Waals surface area contributed by atoms with Crippen molar-refractivity contribution >= 4 is 46.3 Å². The van der Waals surface area contributed by atoms with Gasteiger partial charge >= 0.3 is 0 Å². The van der Waals surface area contributed by atoms with Gasteiger partial charge in [0.25, 0.3) is 16.8 Å². The number of carbonyl (C=O) groups is 2. The van der Waals surface area contributed by atoms with E-state index in [1.54, 1.807) is 12.1 Å². The topological polar surface area (TPSA) is 103 Å². The largest absolute Gasteiger partial charge is 0.491 e. The maximum Gasteiger partial charge on any atom is 0.293 e. The molecule has 0 radical (unpaired) electrons. The van der Waals surface area contributed by atoms with Crippen molar-refractivity contribution in [1.82, 2.24) is 4.90 Å². The number of imide groups is 1. The number of hydrogen-bond acceptors (Lipinski definition) is 7. The molecule has 10 heteroatoms. The average Bonchev–Trinajstić information content (AvgIpc) is 3.35. The normalized spacial score (nSPS) is 14.8. The first-order valence-corrected chi connectivity index (χ1v) is 11.4. The van der Waals surface area contributed by atoms with E-state index in [9.17, 15) is 19.7 Å². The average molecular weight is 499 g/mol. The lowest BCUT2D eigenvalue weighted by atomic mass is 10.1. The van der Waals surface area contributed by atoms with Gasteiger partial charge in [0.2, 0.25) is 0 Å². The van der Waals surface area contributed by atoms with Gasteiger partial charge in [-0.15, -0.1) is 0 Å². The lowest BCUT2D eigenvalue weighted by molar-refractivity contribution is -0.384. The second-order valence-electron chi connectivity index (χ2n) is 7.57. The number of aryl methyl sites for hydroxylation is 2. The Hall–Kier alpha value is -3.56. The summed E-state index contributed by atoms with van der Waals surface area (Å²) in [6.07, 6.45) is 1.49. The van der Waals surface area contributed by atoms with Gasteiger partial charge in [0.1, 0.15) is 23.9 Å². The van der Waals surface area contributed by atoms with Crippen LogP contribution in [0.2, 0.25) is 5.02 Å². The van der Waals surface area contributed by atoms with Crippen molar-refractivity contribution in [3.63, 3.8) is 0 Å². The van der Waals surface area contributed by atoms with Crippen molar-refractivity contribution in [2.24, 2.45) is 0 Å². The van der Waals surface area contributed by atoms with Crippen LogP contribution in [-0.4, -0.2) is 34.1 Å². The molecule has 1 fully saturated rings. The molecule has 0 bridgehead atoms. The first kappa shape index (κ1) is 23.6. The molecular weight excluding hydrogens is 480 g/mol. The van der Waals surface area contributed by atoms with E-state index >= 15 is 0 Å². The molecular formula is C24H19ClN2O6S. The Morgan fingerprint density at radius 2 is 1.94 bits per heavy atom. The molecule has 1 aromatic heterocycles. The van der Waals surface area contributed by atoms with Crippen LogP contribution in [0.1, 0.15) is 16.9 Å². The molecule has 0 N–H and O–H groups in total. The number of hydrogen-bond donors (Lipinski definition) is 0. The Kier molecular flexibility index (Phi) is 6.76. The molecule has 4 rings (SSSR count). The minimum Gasteiger partial charge on any atom is -0.491 e. The maximum atomic E-state index is 12.7. The number of nitro benzene ring substituents is 1. The van der Waals surface area contributed by atoms with E-state index in [-0.39, 0.29) is 34.0 Å². The summed E-state index contributed by atoms with van der Waals surface area (Å²) in [4.78, 5) is 36.8. The molecule has 0 unspecified atom stereocenters. The van der Waals surface area contributed by atoms with E-state index in [1.165, 1.54) is 24.3 Å². The highest BCUT2D eigenvalue weighted by Crippen LogP contribution is 2.35. The fourth-order valence-corrected chi connectivity index (χ4v) is 4.44. The summed E-state index contributed by atoms with van der Waals surface area (Å²) in [5, 5.41) is 10.7. The summed E-state index contributed by atoms with van der Waals surface area (Å²) in [5.41, 5.74) is 2.38. The lowest BCUT2D eigenvalue weighted by Gasteiger charge is -2.14. The van der Waals surface area contributed by atoms with Crippen molar-refractivity contribution in [1.29, 1.82) is 0 Å². The molecule has 0 spiro atoms. The van der Waals surface area contributed by atoms with Crippen LogP contribution >= 0.6 is 23.4 Å². The van der Waals surface area contributed by atoms with Gasteiger partial charge in [-0.3, -0.25) is 24.6 Å². The zero-order chi connectivity index (χ0) is 24.4. The van der Waals surface area contributed by atoms with Gasteiger partial charge in [0.05, 0.1) is 21.4 Å². The van der Waals surface area contributed by atoms with E-state index < -0.39 is 10.8 Å². The summed E-state index contributed by atoms with van der Waals surface area (Å²) in [6, 6.07) is 13.2. The predicted molar refractivity (Wildman–Crippen MR) is 130 cm³/mol. The van der Waals surface area contributed by atoms with Gasteiger partial charge in [-0.2, -0.15) is 0 Å². The SMILES string of the molecule is Cc1ccc(C)c(OCCN2C(=O)S/C(=C\c3ccc(-c4ccc([N+](=O)[O-])cc4Cl)o3)C2=O)c1. The summed E-state index contributed by atoms with van der Waals surface area (Å²) in [6.45, 7) is 4.19. The second kappa shape index (κ2) is 9.74. The van der Waals surface area contributed by atoms with Crippen LogP contribution in [0.5, 0.6) is 5.75 Å². The number of ether oxygens (including phenoxy) is 1. The van der Waals surface area contributed by atoms with Gasteiger partial charge in [-0.1, -0.05) is 23.7 Å². The quantitative estimate of drug-likeness (QED) is 0.216. The summed E-state index contributed by atoms with van der Waals surface area (Å²) >= 11 is 6.98. The number of benzene rings is 2. The van der Waals surface area contributed by atoms with Crippen molar-refractivity contribution < 1.29 is 23.7 Å². The monoisotopic (exact) mass is 498 g/mol. The summed E-state index contributed by atoms with van der Waals surface area (Å²) in [5.74, 6) is 1.02. The molecule has 0 atom stereocenters. The number of furan rings is 1. The molecule has 34 heavy (non-hydrogen) atoms. The molecule has 1 aliphatic heterocycles. The minimum atomic E-state index is -0.535. The number of rotatable bonds is 7. The Morgan fingerprint density at radius 3 is 2.68 bits per heavy atom. The molecule has 1 saturated heterocycles. The fourth-order valence-electron chi connectivity index (χ4n) is 3.32. The third-order valence-electron chi connectivity index (χ3n) is 5.12. The van der Waals surface area contributed by atoms with Crippen LogP contribution in [0.3, 0.4) is 0 Å². The van der Waals surface area contributed by atoms with Gasteiger partial charge in [-0.25, -0.2) is 0 Å². The fraction of sp³-hybridized carbons (Fsp3) is 0.167. The van der Waals surface area contributed by atoms with E-state index in [0.717, 1.165) is 33.5 Å². The van der Waals surface area contributed by atoms with Crippen molar-refractivity contribution in [2.75, 3.05) is 13.2 Å². The number of amides is 2. The zero-order valence-corrected chi connectivity index (χ0v) is 19.8. The predicted octanol–water partition coefficient (Wildman–Crippen LogP) is 6.24. The van der Waals surface area contributed by atoms with Crippen molar-refractivity contribution in [3.8, 4) is 17.1 Å². The molecule has 8 nitrogen and oxygen atoms in total. The molecule has 0 aliphatic carbocycles. The highest BCUT2D eigenvalue weighted by atomic mass is 35.5. The molecule has 2 heterocycles. The zero-order valence-electron chi connectivity index (χ0n) is 18.2. The van der Waals surface area contributed by atoms with Crippen LogP contribution in [0.4, 0.5) is 10.5 Å². The highest BCUT2D eigenvalue weighted by molar-refractivity contribution is 8.18. The van der Waals surface area contributed by atoms with Crippen LogP contribution in [0.15, 0.2) is 57.9 Å². The number of carbonyl (C=O) groups excluding carboxylic acids is 2. The van der Waals surface area contributed by atoms with Crippen molar-refractivity contribution in [3.05, 3.63) is 85.5 Å². The first-order valence-electron chi connectivity index (χ1n) is 10.2.